The highest BCUT2D eigenvalue weighted by Crippen LogP contribution is 2.51. The summed E-state index contributed by atoms with van der Waals surface area (Å²) in [5.74, 6) is 0.122. The van der Waals surface area contributed by atoms with E-state index in [-0.39, 0.29) is 17.6 Å². The van der Waals surface area contributed by atoms with Gasteiger partial charge in [-0.2, -0.15) is 0 Å². The molecule has 0 N–H and O–H groups in total. The summed E-state index contributed by atoms with van der Waals surface area (Å²) in [6.45, 7) is 4.18. The fraction of sp³-hybridized carbons (Fsp3) is 0.229. The Balaban J connectivity index is 1.17. The first-order chi connectivity index (χ1) is 19.1. The number of likely N-dealkylation sites (tertiary alicyclic amines) is 1. The number of hydrogen-bond acceptors (Lipinski definition) is 2. The third-order valence-corrected chi connectivity index (χ3v) is 8.67. The SMILES string of the molecule is Cc1c(C(=O)N2CCC3(CC2)OC(c2ccccc2)c2ccccc23)c2ccccc2n1Cc1ccccc1. The smallest absolute Gasteiger partial charge is 0.256 e. The number of carbonyl (C=O) groups excluding carboxylic acids is 1. The van der Waals surface area contributed by atoms with Crippen LogP contribution in [0.2, 0.25) is 0 Å². The number of fused-ring (bicyclic) bond motifs is 3. The Labute approximate surface area is 229 Å². The number of para-hydroxylation sites is 1. The molecule has 0 aliphatic carbocycles. The number of amides is 1. The first kappa shape index (κ1) is 23.9. The van der Waals surface area contributed by atoms with Crippen molar-refractivity contribution in [3.05, 3.63) is 143 Å². The molecule has 5 aromatic rings. The largest absolute Gasteiger partial charge is 0.357 e. The van der Waals surface area contributed by atoms with E-state index in [1.807, 2.05) is 23.1 Å². The van der Waals surface area contributed by atoms with Crippen LogP contribution in [0.25, 0.3) is 10.9 Å². The summed E-state index contributed by atoms with van der Waals surface area (Å²) in [5.41, 5.74) is 7.54. The summed E-state index contributed by atoms with van der Waals surface area (Å²) in [6, 6.07) is 37.9. The minimum atomic E-state index is -0.357. The molecular weight excluding hydrogens is 480 g/mol. The first-order valence-corrected chi connectivity index (χ1v) is 13.9. The lowest BCUT2D eigenvalue weighted by atomic mass is 9.83. The van der Waals surface area contributed by atoms with Crippen LogP contribution in [-0.2, 0) is 16.9 Å². The Morgan fingerprint density at radius 1 is 0.821 bits per heavy atom. The van der Waals surface area contributed by atoms with Crippen molar-refractivity contribution in [1.29, 1.82) is 0 Å². The maximum absolute atomic E-state index is 14.1. The number of benzene rings is 4. The second kappa shape index (κ2) is 9.55. The van der Waals surface area contributed by atoms with Gasteiger partial charge in [0.15, 0.2) is 0 Å². The molecular formula is C35H32N2O2. The Morgan fingerprint density at radius 3 is 2.23 bits per heavy atom. The first-order valence-electron chi connectivity index (χ1n) is 13.9. The fourth-order valence-corrected chi connectivity index (χ4v) is 6.66. The van der Waals surface area contributed by atoms with E-state index in [2.05, 4.69) is 102 Å². The molecule has 3 heterocycles. The average molecular weight is 513 g/mol. The van der Waals surface area contributed by atoms with Crippen LogP contribution in [0.3, 0.4) is 0 Å². The van der Waals surface area contributed by atoms with Gasteiger partial charge in [0.05, 0.1) is 11.2 Å². The van der Waals surface area contributed by atoms with Gasteiger partial charge in [-0.3, -0.25) is 4.79 Å². The van der Waals surface area contributed by atoms with Crippen LogP contribution in [0.4, 0.5) is 0 Å². The summed E-state index contributed by atoms with van der Waals surface area (Å²) in [7, 11) is 0. The summed E-state index contributed by atoms with van der Waals surface area (Å²) in [4.78, 5) is 16.1. The molecule has 0 saturated carbocycles. The molecule has 39 heavy (non-hydrogen) atoms. The second-order valence-electron chi connectivity index (χ2n) is 10.8. The van der Waals surface area contributed by atoms with Gasteiger partial charge in [0.2, 0.25) is 0 Å². The van der Waals surface area contributed by atoms with Crippen LogP contribution < -0.4 is 0 Å². The number of hydrogen-bond donors (Lipinski definition) is 0. The minimum absolute atomic E-state index is 0.0668. The van der Waals surface area contributed by atoms with E-state index < -0.39 is 0 Å². The van der Waals surface area contributed by atoms with Crippen LogP contribution in [0.1, 0.15) is 57.3 Å². The number of piperidine rings is 1. The maximum atomic E-state index is 14.1. The Kier molecular flexibility index (Phi) is 5.86. The molecule has 0 radical (unpaired) electrons. The van der Waals surface area contributed by atoms with Crippen molar-refractivity contribution in [2.24, 2.45) is 0 Å². The van der Waals surface area contributed by atoms with Crippen molar-refractivity contribution >= 4 is 16.8 Å². The summed E-state index contributed by atoms with van der Waals surface area (Å²) >= 11 is 0. The number of carbonyl (C=O) groups is 1. The zero-order valence-corrected chi connectivity index (χ0v) is 22.2. The molecule has 4 nitrogen and oxygen atoms in total. The zero-order valence-electron chi connectivity index (χ0n) is 22.2. The molecule has 1 fully saturated rings. The number of aromatic nitrogens is 1. The monoisotopic (exact) mass is 512 g/mol. The summed E-state index contributed by atoms with van der Waals surface area (Å²) in [6.07, 6.45) is 1.52. The predicted octanol–water partition coefficient (Wildman–Crippen LogP) is 7.25. The number of ether oxygens (including phenoxy) is 1. The molecule has 1 unspecified atom stereocenters. The quantitative estimate of drug-likeness (QED) is 0.254. The molecule has 7 rings (SSSR count). The normalized spacial score (nSPS) is 18.0. The minimum Gasteiger partial charge on any atom is -0.357 e. The van der Waals surface area contributed by atoms with Crippen LogP contribution in [0, 0.1) is 6.92 Å². The molecule has 1 atom stereocenters. The molecule has 1 saturated heterocycles. The molecule has 1 amide bonds. The molecule has 4 heteroatoms. The third kappa shape index (κ3) is 3.98. The van der Waals surface area contributed by atoms with E-state index in [0.29, 0.717) is 13.1 Å². The number of rotatable bonds is 4. The van der Waals surface area contributed by atoms with Crippen molar-refractivity contribution in [1.82, 2.24) is 9.47 Å². The topological polar surface area (TPSA) is 34.5 Å². The highest BCUT2D eigenvalue weighted by atomic mass is 16.5. The number of nitrogens with zero attached hydrogens (tertiary/aromatic N) is 2. The van der Waals surface area contributed by atoms with Crippen molar-refractivity contribution in [3.63, 3.8) is 0 Å². The lowest BCUT2D eigenvalue weighted by molar-refractivity contribution is -0.0925. The summed E-state index contributed by atoms with van der Waals surface area (Å²) in [5, 5.41) is 1.03. The maximum Gasteiger partial charge on any atom is 0.256 e. The van der Waals surface area contributed by atoms with Crippen LogP contribution in [-0.4, -0.2) is 28.5 Å². The van der Waals surface area contributed by atoms with Gasteiger partial charge in [-0.1, -0.05) is 103 Å². The van der Waals surface area contributed by atoms with Gasteiger partial charge in [-0.15, -0.1) is 0 Å². The lowest BCUT2D eigenvalue weighted by Gasteiger charge is -2.40. The molecule has 1 spiro atoms. The van der Waals surface area contributed by atoms with E-state index in [9.17, 15) is 4.79 Å². The van der Waals surface area contributed by atoms with Crippen molar-refractivity contribution in [2.45, 2.75) is 38.0 Å². The third-order valence-electron chi connectivity index (χ3n) is 8.67. The Morgan fingerprint density at radius 2 is 1.46 bits per heavy atom. The van der Waals surface area contributed by atoms with Crippen LogP contribution in [0.5, 0.6) is 0 Å². The Bertz CT molecular complexity index is 1650. The predicted molar refractivity (Wildman–Crippen MR) is 155 cm³/mol. The molecule has 194 valence electrons. The molecule has 0 bridgehead atoms. The van der Waals surface area contributed by atoms with Gasteiger partial charge in [0, 0.05) is 36.2 Å². The van der Waals surface area contributed by atoms with Crippen LogP contribution >= 0.6 is 0 Å². The molecule has 2 aliphatic rings. The van der Waals surface area contributed by atoms with Gasteiger partial charge in [0.25, 0.3) is 5.91 Å². The molecule has 1 aromatic heterocycles. The van der Waals surface area contributed by atoms with Gasteiger partial charge >= 0.3 is 0 Å². The van der Waals surface area contributed by atoms with E-state index >= 15 is 0 Å². The highest BCUT2D eigenvalue weighted by Gasteiger charge is 2.47. The van der Waals surface area contributed by atoms with E-state index in [4.69, 9.17) is 4.74 Å². The highest BCUT2D eigenvalue weighted by molar-refractivity contribution is 6.08. The average Bonchev–Trinajstić information content (AvgIpc) is 3.46. The zero-order chi connectivity index (χ0) is 26.4. The van der Waals surface area contributed by atoms with Crippen molar-refractivity contribution < 1.29 is 9.53 Å². The Hall–Kier alpha value is -4.15. The lowest BCUT2D eigenvalue weighted by Crippen LogP contribution is -2.45. The van der Waals surface area contributed by atoms with Crippen molar-refractivity contribution in [2.75, 3.05) is 13.1 Å². The van der Waals surface area contributed by atoms with Crippen LogP contribution in [0.15, 0.2) is 109 Å². The van der Waals surface area contributed by atoms with Gasteiger partial charge < -0.3 is 14.2 Å². The summed E-state index contributed by atoms with van der Waals surface area (Å²) < 4.78 is 9.18. The van der Waals surface area contributed by atoms with E-state index in [0.717, 1.165) is 41.5 Å². The standard InChI is InChI=1S/C35H32N2O2/c1-25-32(29-17-9-11-19-31(29)37(25)24-26-12-4-2-5-13-26)34(38)36-22-20-35(21-23-36)30-18-10-8-16-28(30)33(39-35)27-14-6-3-7-15-27/h2-19,33H,20-24H2,1H3. The van der Waals surface area contributed by atoms with E-state index in [1.54, 1.807) is 0 Å². The van der Waals surface area contributed by atoms with Gasteiger partial charge in [0.1, 0.15) is 6.10 Å². The van der Waals surface area contributed by atoms with Gasteiger partial charge in [-0.05, 0) is 48.1 Å². The molecule has 2 aliphatic heterocycles. The fourth-order valence-electron chi connectivity index (χ4n) is 6.66. The second-order valence-corrected chi connectivity index (χ2v) is 10.8. The van der Waals surface area contributed by atoms with Gasteiger partial charge in [-0.25, -0.2) is 0 Å². The molecule has 4 aromatic carbocycles. The van der Waals surface area contributed by atoms with Crippen molar-refractivity contribution in [3.8, 4) is 0 Å². The van der Waals surface area contributed by atoms with E-state index in [1.165, 1.54) is 22.3 Å².